The molecular formula is C19H14F3N5O. The number of halogens is 3. The van der Waals surface area contributed by atoms with Crippen LogP contribution in [0.4, 0.5) is 24.8 Å². The molecule has 2 aromatic heterocycles. The van der Waals surface area contributed by atoms with Gasteiger partial charge in [0, 0.05) is 18.0 Å². The maximum Gasteiger partial charge on any atom is 0.406 e. The molecule has 142 valence electrons. The van der Waals surface area contributed by atoms with E-state index in [2.05, 4.69) is 20.3 Å². The number of nitrogens with one attached hydrogen (secondary N) is 1. The van der Waals surface area contributed by atoms with Crippen LogP contribution in [-0.4, -0.2) is 25.7 Å². The Kier molecular flexibility index (Phi) is 4.56. The molecule has 9 heteroatoms. The van der Waals surface area contributed by atoms with E-state index in [0.717, 1.165) is 4.57 Å². The standard InChI is InChI=1S/C19H14F3N5O/c20-19(21,22)11-27-12-24-15-10-13(6-7-16(15)27)25-18-23-9-8-17(26-18)28-14-4-2-1-3-5-14/h1-10,12H,11H2,(H,23,25,26). The molecule has 4 rings (SSSR count). The molecule has 0 aliphatic rings. The summed E-state index contributed by atoms with van der Waals surface area (Å²) in [6.45, 7) is -1.09. The summed E-state index contributed by atoms with van der Waals surface area (Å²) < 4.78 is 44.6. The smallest absolute Gasteiger partial charge is 0.406 e. The molecule has 0 bridgehead atoms. The minimum Gasteiger partial charge on any atom is -0.439 e. The fraction of sp³-hybridized carbons (Fsp3) is 0.105. The largest absolute Gasteiger partial charge is 0.439 e. The number of alkyl halides is 3. The van der Waals surface area contributed by atoms with E-state index in [-0.39, 0.29) is 0 Å². The second-order valence-electron chi connectivity index (χ2n) is 5.95. The SMILES string of the molecule is FC(F)(F)Cn1cnc2cc(Nc3nccc(Oc4ccccc4)n3)ccc21. The van der Waals surface area contributed by atoms with Gasteiger partial charge in [0.2, 0.25) is 11.8 Å². The van der Waals surface area contributed by atoms with Crippen LogP contribution >= 0.6 is 0 Å². The Morgan fingerprint density at radius 2 is 1.82 bits per heavy atom. The van der Waals surface area contributed by atoms with Crippen molar-refractivity contribution in [2.75, 3.05) is 5.32 Å². The molecule has 0 saturated heterocycles. The van der Waals surface area contributed by atoms with Crippen molar-refractivity contribution in [1.29, 1.82) is 0 Å². The van der Waals surface area contributed by atoms with Crippen molar-refractivity contribution in [2.24, 2.45) is 0 Å². The number of nitrogens with zero attached hydrogens (tertiary/aromatic N) is 4. The van der Waals surface area contributed by atoms with E-state index in [9.17, 15) is 13.2 Å². The van der Waals surface area contributed by atoms with E-state index in [0.29, 0.717) is 34.3 Å². The van der Waals surface area contributed by atoms with Crippen LogP contribution in [0.25, 0.3) is 11.0 Å². The molecule has 0 saturated carbocycles. The molecule has 1 N–H and O–H groups in total. The van der Waals surface area contributed by atoms with Crippen LogP contribution in [0, 0.1) is 0 Å². The van der Waals surface area contributed by atoms with Crippen LogP contribution in [0.2, 0.25) is 0 Å². The lowest BCUT2D eigenvalue weighted by atomic mass is 10.2. The number of hydrogen-bond acceptors (Lipinski definition) is 5. The summed E-state index contributed by atoms with van der Waals surface area (Å²) in [6, 6.07) is 15.7. The number of benzene rings is 2. The quantitative estimate of drug-likeness (QED) is 0.528. The highest BCUT2D eigenvalue weighted by Crippen LogP contribution is 2.25. The highest BCUT2D eigenvalue weighted by atomic mass is 19.4. The third-order valence-corrected chi connectivity index (χ3v) is 3.82. The minimum atomic E-state index is -4.31. The number of para-hydroxylation sites is 1. The van der Waals surface area contributed by atoms with Gasteiger partial charge in [0.25, 0.3) is 0 Å². The van der Waals surface area contributed by atoms with Crippen LogP contribution in [0.15, 0.2) is 67.1 Å². The Labute approximate surface area is 157 Å². The van der Waals surface area contributed by atoms with Gasteiger partial charge in [-0.25, -0.2) is 9.97 Å². The monoisotopic (exact) mass is 385 g/mol. The summed E-state index contributed by atoms with van der Waals surface area (Å²) in [4.78, 5) is 12.4. The van der Waals surface area contributed by atoms with Crippen LogP contribution < -0.4 is 10.1 Å². The molecule has 6 nitrogen and oxygen atoms in total. The first kappa shape index (κ1) is 17.8. The van der Waals surface area contributed by atoms with Gasteiger partial charge in [-0.05, 0) is 30.3 Å². The van der Waals surface area contributed by atoms with E-state index in [1.807, 2.05) is 18.2 Å². The van der Waals surface area contributed by atoms with Gasteiger partial charge in [-0.3, -0.25) is 0 Å². The Morgan fingerprint density at radius 3 is 2.61 bits per heavy atom. The molecule has 0 aliphatic carbocycles. The molecule has 2 aromatic carbocycles. The molecule has 28 heavy (non-hydrogen) atoms. The average Bonchev–Trinajstić information content (AvgIpc) is 3.03. The lowest BCUT2D eigenvalue weighted by Crippen LogP contribution is -2.16. The van der Waals surface area contributed by atoms with Crippen molar-refractivity contribution >= 4 is 22.7 Å². The van der Waals surface area contributed by atoms with Crippen molar-refractivity contribution in [3.63, 3.8) is 0 Å². The molecule has 0 spiro atoms. The Morgan fingerprint density at radius 1 is 1.00 bits per heavy atom. The number of hydrogen-bond donors (Lipinski definition) is 1. The Hall–Kier alpha value is -3.62. The van der Waals surface area contributed by atoms with E-state index in [1.54, 1.807) is 42.6 Å². The summed E-state index contributed by atoms with van der Waals surface area (Å²) in [7, 11) is 0. The van der Waals surface area contributed by atoms with E-state index in [1.165, 1.54) is 6.33 Å². The van der Waals surface area contributed by atoms with Gasteiger partial charge in [-0.1, -0.05) is 18.2 Å². The number of rotatable bonds is 5. The van der Waals surface area contributed by atoms with Crippen LogP contribution in [0.1, 0.15) is 0 Å². The van der Waals surface area contributed by atoms with Crippen LogP contribution in [-0.2, 0) is 6.54 Å². The van der Waals surface area contributed by atoms with E-state index >= 15 is 0 Å². The molecule has 4 aromatic rings. The first-order valence-corrected chi connectivity index (χ1v) is 8.31. The first-order valence-electron chi connectivity index (χ1n) is 8.31. The second-order valence-corrected chi connectivity index (χ2v) is 5.95. The lowest BCUT2D eigenvalue weighted by Gasteiger charge is -2.09. The molecule has 0 amide bonds. The fourth-order valence-corrected chi connectivity index (χ4v) is 2.66. The Balaban J connectivity index is 1.53. The predicted molar refractivity (Wildman–Crippen MR) is 97.6 cm³/mol. The van der Waals surface area contributed by atoms with Crippen molar-refractivity contribution in [2.45, 2.75) is 12.7 Å². The number of imidazole rings is 1. The topological polar surface area (TPSA) is 64.9 Å². The van der Waals surface area contributed by atoms with Crippen molar-refractivity contribution in [3.05, 3.63) is 67.1 Å². The maximum absolute atomic E-state index is 12.6. The number of aromatic nitrogens is 4. The van der Waals surface area contributed by atoms with Crippen LogP contribution in [0.3, 0.4) is 0 Å². The zero-order valence-electron chi connectivity index (χ0n) is 14.4. The van der Waals surface area contributed by atoms with E-state index in [4.69, 9.17) is 4.74 Å². The molecule has 0 aliphatic heterocycles. The Bertz CT molecular complexity index is 1100. The van der Waals surface area contributed by atoms with Crippen molar-refractivity contribution < 1.29 is 17.9 Å². The van der Waals surface area contributed by atoms with Gasteiger partial charge < -0.3 is 14.6 Å². The molecule has 0 fully saturated rings. The van der Waals surface area contributed by atoms with Gasteiger partial charge >= 0.3 is 6.18 Å². The highest BCUT2D eigenvalue weighted by molar-refractivity contribution is 5.80. The summed E-state index contributed by atoms with van der Waals surface area (Å²) in [6.07, 6.45) is -1.59. The summed E-state index contributed by atoms with van der Waals surface area (Å²) in [5.74, 6) is 1.30. The zero-order valence-corrected chi connectivity index (χ0v) is 14.4. The van der Waals surface area contributed by atoms with Gasteiger partial charge in [0.05, 0.1) is 17.4 Å². The number of fused-ring (bicyclic) bond motifs is 1. The van der Waals surface area contributed by atoms with Crippen molar-refractivity contribution in [1.82, 2.24) is 19.5 Å². The normalized spacial score (nSPS) is 11.5. The third-order valence-electron chi connectivity index (χ3n) is 3.82. The average molecular weight is 385 g/mol. The molecule has 0 atom stereocenters. The zero-order chi connectivity index (χ0) is 19.6. The number of ether oxygens (including phenoxy) is 1. The van der Waals surface area contributed by atoms with Crippen molar-refractivity contribution in [3.8, 4) is 11.6 Å². The molecule has 0 radical (unpaired) electrons. The minimum absolute atomic E-state index is 0.294. The summed E-state index contributed by atoms with van der Waals surface area (Å²) in [5.41, 5.74) is 1.43. The third kappa shape index (κ3) is 4.20. The van der Waals surface area contributed by atoms with E-state index < -0.39 is 12.7 Å². The van der Waals surface area contributed by atoms with Gasteiger partial charge in [0.1, 0.15) is 12.3 Å². The second kappa shape index (κ2) is 7.18. The molecule has 0 unspecified atom stereocenters. The first-order chi connectivity index (χ1) is 13.5. The molecular weight excluding hydrogens is 371 g/mol. The number of anilines is 2. The fourth-order valence-electron chi connectivity index (χ4n) is 2.66. The summed E-state index contributed by atoms with van der Waals surface area (Å²) >= 11 is 0. The van der Waals surface area contributed by atoms with Gasteiger partial charge in [-0.15, -0.1) is 0 Å². The maximum atomic E-state index is 12.6. The predicted octanol–water partition coefficient (Wildman–Crippen LogP) is 4.92. The lowest BCUT2D eigenvalue weighted by molar-refractivity contribution is -0.139. The van der Waals surface area contributed by atoms with Crippen LogP contribution in [0.5, 0.6) is 11.6 Å². The summed E-state index contributed by atoms with van der Waals surface area (Å²) in [5, 5.41) is 3.01. The van der Waals surface area contributed by atoms with Gasteiger partial charge in [0.15, 0.2) is 0 Å². The van der Waals surface area contributed by atoms with Gasteiger partial charge in [-0.2, -0.15) is 18.2 Å². The molecule has 2 heterocycles. The highest BCUT2D eigenvalue weighted by Gasteiger charge is 2.28.